The molecule has 0 aromatic carbocycles. The van der Waals surface area contributed by atoms with Crippen molar-refractivity contribution >= 4 is 28.9 Å². The molecule has 7 heteroatoms. The maximum atomic E-state index is 5.64. The molecule has 0 saturated heterocycles. The van der Waals surface area contributed by atoms with Crippen LogP contribution in [0, 0.1) is 6.92 Å². The smallest absolute Gasteiger partial charge is 0.223 e. The number of imidazole rings is 1. The number of aromatic nitrogens is 4. The van der Waals surface area contributed by atoms with E-state index in [1.165, 1.54) is 11.8 Å². The number of nitrogen functional groups attached to an aromatic ring is 1. The van der Waals surface area contributed by atoms with Crippen LogP contribution in [0.15, 0.2) is 33.0 Å². The van der Waals surface area contributed by atoms with Gasteiger partial charge in [-0.15, -0.1) is 0 Å². The fraction of sp³-hybridized carbons (Fsp3) is 0.100. The molecule has 17 heavy (non-hydrogen) atoms. The summed E-state index contributed by atoms with van der Waals surface area (Å²) in [5.74, 6) is 1.06. The molecule has 0 bridgehead atoms. The molecule has 0 aliphatic carbocycles. The normalized spacial score (nSPS) is 11.1. The molecule has 0 spiro atoms. The minimum absolute atomic E-state index is 0.216. The molecular weight excluding hydrogens is 238 g/mol. The Bertz CT molecular complexity index is 674. The van der Waals surface area contributed by atoms with Crippen molar-refractivity contribution in [3.8, 4) is 0 Å². The van der Waals surface area contributed by atoms with Gasteiger partial charge in [-0.1, -0.05) is 11.8 Å². The summed E-state index contributed by atoms with van der Waals surface area (Å²) in [6.07, 6.45) is 3.22. The minimum Gasteiger partial charge on any atom is -0.468 e. The van der Waals surface area contributed by atoms with Crippen molar-refractivity contribution in [2.24, 2.45) is 0 Å². The van der Waals surface area contributed by atoms with Gasteiger partial charge in [-0.2, -0.15) is 4.98 Å². The Balaban J connectivity index is 2.11. The summed E-state index contributed by atoms with van der Waals surface area (Å²) in [6, 6.07) is 1.89. The van der Waals surface area contributed by atoms with Crippen LogP contribution in [0.3, 0.4) is 0 Å². The lowest BCUT2D eigenvalue weighted by Crippen LogP contribution is -1.96. The Kier molecular flexibility index (Phi) is 2.25. The Morgan fingerprint density at radius 1 is 1.41 bits per heavy atom. The van der Waals surface area contributed by atoms with Gasteiger partial charge >= 0.3 is 0 Å². The highest BCUT2D eigenvalue weighted by atomic mass is 32.2. The second-order valence-electron chi connectivity index (χ2n) is 3.43. The number of furan rings is 1. The van der Waals surface area contributed by atoms with E-state index in [2.05, 4.69) is 19.9 Å². The van der Waals surface area contributed by atoms with E-state index in [0.717, 1.165) is 21.2 Å². The lowest BCUT2D eigenvalue weighted by molar-refractivity contribution is 0.527. The Morgan fingerprint density at radius 3 is 3.06 bits per heavy atom. The third-order valence-corrected chi connectivity index (χ3v) is 3.42. The molecule has 0 fully saturated rings. The van der Waals surface area contributed by atoms with Gasteiger partial charge in [0.05, 0.1) is 17.5 Å². The van der Waals surface area contributed by atoms with Gasteiger partial charge in [0.1, 0.15) is 16.3 Å². The zero-order valence-electron chi connectivity index (χ0n) is 8.97. The molecule has 3 aromatic rings. The average molecular weight is 247 g/mol. The lowest BCUT2D eigenvalue weighted by atomic mass is 10.5. The standard InChI is InChI=1S/C10H9N5OS/c1-5-6(2-3-16-5)17-9-7-8(13-4-12-7)14-10(11)15-9/h2-4H,1H3,(H3,11,12,13,14,15). The van der Waals surface area contributed by atoms with Crippen LogP contribution in [0.1, 0.15) is 5.76 Å². The first-order valence-electron chi connectivity index (χ1n) is 4.92. The minimum atomic E-state index is 0.216. The van der Waals surface area contributed by atoms with Crippen LogP contribution in [-0.4, -0.2) is 19.9 Å². The molecule has 3 aromatic heterocycles. The number of hydrogen-bond donors (Lipinski definition) is 2. The van der Waals surface area contributed by atoms with E-state index in [4.69, 9.17) is 10.2 Å². The van der Waals surface area contributed by atoms with Gasteiger partial charge in [-0.25, -0.2) is 9.97 Å². The first kappa shape index (κ1) is 10.2. The first-order valence-corrected chi connectivity index (χ1v) is 5.74. The number of rotatable bonds is 2. The Morgan fingerprint density at radius 2 is 2.29 bits per heavy atom. The van der Waals surface area contributed by atoms with Crippen molar-refractivity contribution < 1.29 is 4.42 Å². The summed E-state index contributed by atoms with van der Waals surface area (Å²) in [5, 5.41) is 0.745. The summed E-state index contributed by atoms with van der Waals surface area (Å²) < 4.78 is 5.24. The number of nitrogens with zero attached hydrogens (tertiary/aromatic N) is 3. The molecule has 0 radical (unpaired) electrons. The van der Waals surface area contributed by atoms with Crippen molar-refractivity contribution in [1.29, 1.82) is 0 Å². The van der Waals surface area contributed by atoms with Gasteiger partial charge in [0, 0.05) is 0 Å². The van der Waals surface area contributed by atoms with Crippen LogP contribution in [0.25, 0.3) is 11.2 Å². The van der Waals surface area contributed by atoms with Gasteiger partial charge in [0.25, 0.3) is 0 Å². The van der Waals surface area contributed by atoms with Gasteiger partial charge in [-0.05, 0) is 13.0 Å². The van der Waals surface area contributed by atoms with Crippen LogP contribution in [0.2, 0.25) is 0 Å². The number of fused-ring (bicyclic) bond motifs is 1. The number of aryl methyl sites for hydroxylation is 1. The molecule has 0 saturated carbocycles. The SMILES string of the molecule is Cc1occc1Sc1nc(N)nc2nc[nH]c12. The summed E-state index contributed by atoms with van der Waals surface area (Å²) in [5.41, 5.74) is 6.99. The van der Waals surface area contributed by atoms with Crippen molar-refractivity contribution in [2.45, 2.75) is 16.8 Å². The molecule has 0 unspecified atom stereocenters. The number of aromatic amines is 1. The van der Waals surface area contributed by atoms with E-state index < -0.39 is 0 Å². The third kappa shape index (κ3) is 1.74. The maximum Gasteiger partial charge on any atom is 0.223 e. The molecule has 86 valence electrons. The molecule has 6 nitrogen and oxygen atoms in total. The summed E-state index contributed by atoms with van der Waals surface area (Å²) in [6.45, 7) is 1.90. The van der Waals surface area contributed by atoms with Crippen LogP contribution in [0.5, 0.6) is 0 Å². The topological polar surface area (TPSA) is 93.6 Å². The Labute approximate surface area is 101 Å². The zero-order chi connectivity index (χ0) is 11.8. The summed E-state index contributed by atoms with van der Waals surface area (Å²) in [7, 11) is 0. The number of hydrogen-bond acceptors (Lipinski definition) is 6. The zero-order valence-corrected chi connectivity index (χ0v) is 9.78. The summed E-state index contributed by atoms with van der Waals surface area (Å²) in [4.78, 5) is 16.3. The second kappa shape index (κ2) is 3.77. The molecule has 0 amide bonds. The molecule has 0 aliphatic rings. The van der Waals surface area contributed by atoms with Crippen molar-refractivity contribution in [3.63, 3.8) is 0 Å². The summed E-state index contributed by atoms with van der Waals surface area (Å²) >= 11 is 1.47. The highest BCUT2D eigenvalue weighted by Gasteiger charge is 2.12. The average Bonchev–Trinajstić information content (AvgIpc) is 2.88. The predicted molar refractivity (Wildman–Crippen MR) is 63.7 cm³/mol. The van der Waals surface area contributed by atoms with E-state index in [9.17, 15) is 0 Å². The Hall–Kier alpha value is -2.02. The third-order valence-electron chi connectivity index (χ3n) is 2.29. The molecule has 0 atom stereocenters. The molecule has 0 aliphatic heterocycles. The fourth-order valence-electron chi connectivity index (χ4n) is 1.48. The highest BCUT2D eigenvalue weighted by molar-refractivity contribution is 7.99. The monoisotopic (exact) mass is 247 g/mol. The molecule has 3 rings (SSSR count). The number of nitrogens with two attached hydrogens (primary N) is 1. The molecule has 3 N–H and O–H groups in total. The van der Waals surface area contributed by atoms with E-state index in [-0.39, 0.29) is 5.95 Å². The fourth-order valence-corrected chi connectivity index (χ4v) is 2.40. The van der Waals surface area contributed by atoms with E-state index in [1.54, 1.807) is 12.6 Å². The van der Waals surface area contributed by atoms with Crippen LogP contribution in [0.4, 0.5) is 5.95 Å². The molecular formula is C10H9N5OS. The lowest BCUT2D eigenvalue weighted by Gasteiger charge is -2.01. The van der Waals surface area contributed by atoms with Gasteiger partial charge in [0.2, 0.25) is 5.95 Å². The largest absolute Gasteiger partial charge is 0.468 e. The van der Waals surface area contributed by atoms with Crippen LogP contribution < -0.4 is 5.73 Å². The van der Waals surface area contributed by atoms with Gasteiger partial charge in [0.15, 0.2) is 5.65 Å². The van der Waals surface area contributed by atoms with Crippen LogP contribution >= 0.6 is 11.8 Å². The van der Waals surface area contributed by atoms with Crippen molar-refractivity contribution in [3.05, 3.63) is 24.4 Å². The van der Waals surface area contributed by atoms with E-state index >= 15 is 0 Å². The first-order chi connectivity index (χ1) is 8.24. The van der Waals surface area contributed by atoms with E-state index in [1.807, 2.05) is 13.0 Å². The van der Waals surface area contributed by atoms with Gasteiger partial charge in [-0.3, -0.25) is 0 Å². The van der Waals surface area contributed by atoms with Gasteiger partial charge < -0.3 is 15.1 Å². The van der Waals surface area contributed by atoms with Crippen molar-refractivity contribution in [1.82, 2.24) is 19.9 Å². The number of H-pyrrole nitrogens is 1. The maximum absolute atomic E-state index is 5.64. The number of nitrogens with one attached hydrogen (secondary N) is 1. The number of anilines is 1. The van der Waals surface area contributed by atoms with Crippen LogP contribution in [-0.2, 0) is 0 Å². The second-order valence-corrected chi connectivity index (χ2v) is 4.46. The highest BCUT2D eigenvalue weighted by Crippen LogP contribution is 2.32. The van der Waals surface area contributed by atoms with E-state index in [0.29, 0.717) is 5.65 Å². The quantitative estimate of drug-likeness (QED) is 0.672. The van der Waals surface area contributed by atoms with Crippen molar-refractivity contribution in [2.75, 3.05) is 5.73 Å². The predicted octanol–water partition coefficient (Wildman–Crippen LogP) is 1.99. The molecule has 3 heterocycles.